The van der Waals surface area contributed by atoms with Crippen molar-refractivity contribution in [3.63, 3.8) is 0 Å². The molecule has 0 N–H and O–H groups in total. The molecule has 8 nitrogen and oxygen atoms in total. The summed E-state index contributed by atoms with van der Waals surface area (Å²) in [5.74, 6) is 1.26. The second-order valence-electron chi connectivity index (χ2n) is 6.20. The molecule has 3 rings (SSSR count). The van der Waals surface area contributed by atoms with Gasteiger partial charge in [-0.15, -0.1) is 15.3 Å². The van der Waals surface area contributed by atoms with Gasteiger partial charge in [-0.2, -0.15) is 0 Å². The van der Waals surface area contributed by atoms with Gasteiger partial charge in [-0.3, -0.25) is 4.79 Å². The molecule has 1 saturated heterocycles. The molecule has 0 unspecified atom stereocenters. The van der Waals surface area contributed by atoms with Crippen molar-refractivity contribution in [3.8, 4) is 5.88 Å². The van der Waals surface area contributed by atoms with Gasteiger partial charge in [-0.1, -0.05) is 17.8 Å². The summed E-state index contributed by atoms with van der Waals surface area (Å²) in [6.07, 6.45) is 2.43. The highest BCUT2D eigenvalue weighted by atomic mass is 32.1. The fourth-order valence-corrected chi connectivity index (χ4v) is 3.39. The number of aromatic nitrogens is 4. The lowest BCUT2D eigenvalue weighted by atomic mass is 10.2. The smallest absolute Gasteiger partial charge is 0.267 e. The van der Waals surface area contributed by atoms with Gasteiger partial charge in [0.05, 0.1) is 12.2 Å². The van der Waals surface area contributed by atoms with Crippen LogP contribution >= 0.6 is 11.5 Å². The van der Waals surface area contributed by atoms with E-state index in [4.69, 9.17) is 4.74 Å². The number of aryl methyl sites for hydroxylation is 1. The molecule has 1 aliphatic rings. The first kappa shape index (κ1) is 17.5. The fraction of sp³-hybridized carbons (Fsp3) is 0.562. The number of nitrogens with zero attached hydrogens (tertiary/aromatic N) is 6. The lowest BCUT2D eigenvalue weighted by Crippen LogP contribution is -2.31. The van der Waals surface area contributed by atoms with Gasteiger partial charge >= 0.3 is 0 Å². The molecule has 0 saturated carbocycles. The van der Waals surface area contributed by atoms with E-state index in [0.29, 0.717) is 23.8 Å². The number of hydrogen-bond donors (Lipinski definition) is 0. The minimum atomic E-state index is -0.0704. The third-order valence-corrected chi connectivity index (χ3v) is 4.80. The van der Waals surface area contributed by atoms with Crippen LogP contribution in [0, 0.1) is 0 Å². The maximum Gasteiger partial charge on any atom is 0.267 e. The van der Waals surface area contributed by atoms with Gasteiger partial charge in [-0.05, 0) is 24.0 Å². The Bertz CT molecular complexity index is 718. The number of anilines is 1. The maximum atomic E-state index is 12.7. The van der Waals surface area contributed by atoms with E-state index in [0.717, 1.165) is 30.8 Å². The molecule has 25 heavy (non-hydrogen) atoms. The Morgan fingerprint density at radius 3 is 2.88 bits per heavy atom. The van der Waals surface area contributed by atoms with Gasteiger partial charge in [0.25, 0.3) is 5.91 Å². The number of ether oxygens (including phenoxy) is 1. The van der Waals surface area contributed by atoms with Crippen LogP contribution in [0.3, 0.4) is 0 Å². The van der Waals surface area contributed by atoms with Crippen molar-refractivity contribution in [3.05, 3.63) is 22.7 Å². The summed E-state index contributed by atoms with van der Waals surface area (Å²) in [6, 6.07) is 3.67. The number of hydrogen-bond acceptors (Lipinski definition) is 8. The monoisotopic (exact) mass is 362 g/mol. The lowest BCUT2D eigenvalue weighted by Gasteiger charge is -2.16. The number of carbonyl (C=O) groups excluding carboxylic acids is 1. The maximum absolute atomic E-state index is 12.7. The van der Waals surface area contributed by atoms with Gasteiger partial charge in [0.2, 0.25) is 5.88 Å². The highest BCUT2D eigenvalue weighted by Gasteiger charge is 2.31. The number of likely N-dealkylation sites (tertiary alicyclic amines) is 1. The Kier molecular flexibility index (Phi) is 5.42. The second-order valence-corrected chi connectivity index (χ2v) is 6.96. The van der Waals surface area contributed by atoms with Crippen molar-refractivity contribution in [2.75, 3.05) is 32.1 Å². The van der Waals surface area contributed by atoms with Crippen LogP contribution < -0.4 is 9.64 Å². The zero-order valence-corrected chi connectivity index (χ0v) is 15.5. The van der Waals surface area contributed by atoms with Crippen LogP contribution in [0.5, 0.6) is 5.88 Å². The highest BCUT2D eigenvalue weighted by Crippen LogP contribution is 2.22. The van der Waals surface area contributed by atoms with E-state index in [1.165, 1.54) is 11.5 Å². The lowest BCUT2D eigenvalue weighted by molar-refractivity contribution is 0.0774. The second kappa shape index (κ2) is 7.73. The summed E-state index contributed by atoms with van der Waals surface area (Å²) in [7, 11) is 3.82. The molecule has 2 aromatic heterocycles. The Labute approximate surface area is 151 Å². The molecule has 3 heterocycles. The van der Waals surface area contributed by atoms with Crippen molar-refractivity contribution in [2.24, 2.45) is 0 Å². The van der Waals surface area contributed by atoms with Crippen LogP contribution in [-0.2, 0) is 6.42 Å². The van der Waals surface area contributed by atoms with Crippen LogP contribution in [0.15, 0.2) is 12.1 Å². The number of amides is 1. The van der Waals surface area contributed by atoms with Crippen molar-refractivity contribution in [1.29, 1.82) is 0 Å². The summed E-state index contributed by atoms with van der Waals surface area (Å²) < 4.78 is 9.80. The molecule has 2 aromatic rings. The van der Waals surface area contributed by atoms with Gasteiger partial charge in [0.15, 0.2) is 5.82 Å². The first-order valence-corrected chi connectivity index (χ1v) is 9.14. The van der Waals surface area contributed by atoms with Crippen LogP contribution in [0.1, 0.15) is 35.1 Å². The van der Waals surface area contributed by atoms with E-state index in [1.54, 1.807) is 11.0 Å². The van der Waals surface area contributed by atoms with Crippen molar-refractivity contribution >= 4 is 23.3 Å². The summed E-state index contributed by atoms with van der Waals surface area (Å²) in [4.78, 5) is 17.0. The minimum absolute atomic E-state index is 0.00131. The molecule has 0 aliphatic carbocycles. The van der Waals surface area contributed by atoms with Crippen molar-refractivity contribution in [2.45, 2.75) is 32.3 Å². The summed E-state index contributed by atoms with van der Waals surface area (Å²) in [6.45, 7) is 3.27. The van der Waals surface area contributed by atoms with E-state index >= 15 is 0 Å². The zero-order valence-electron chi connectivity index (χ0n) is 14.7. The average molecular weight is 362 g/mol. The first-order chi connectivity index (χ1) is 12.1. The number of rotatable bonds is 6. The molecule has 0 bridgehead atoms. The molecule has 1 atom stereocenters. The number of carbonyl (C=O) groups is 1. The van der Waals surface area contributed by atoms with Crippen molar-refractivity contribution < 1.29 is 9.53 Å². The van der Waals surface area contributed by atoms with Crippen LogP contribution in [0.2, 0.25) is 0 Å². The van der Waals surface area contributed by atoms with Crippen LogP contribution in [-0.4, -0.2) is 63.9 Å². The van der Waals surface area contributed by atoms with Gasteiger partial charge < -0.3 is 14.5 Å². The molecule has 1 aliphatic heterocycles. The molecule has 0 spiro atoms. The summed E-state index contributed by atoms with van der Waals surface area (Å²) in [5.41, 5.74) is 0.798. The summed E-state index contributed by atoms with van der Waals surface area (Å²) >= 11 is 1.17. The van der Waals surface area contributed by atoms with E-state index in [9.17, 15) is 4.79 Å². The summed E-state index contributed by atoms with van der Waals surface area (Å²) in [5, 5.41) is 12.3. The van der Waals surface area contributed by atoms with E-state index in [-0.39, 0.29) is 12.0 Å². The zero-order chi connectivity index (χ0) is 17.8. The van der Waals surface area contributed by atoms with E-state index in [2.05, 4.69) is 26.7 Å². The molecule has 1 fully saturated rings. The molecule has 0 aromatic carbocycles. The highest BCUT2D eigenvalue weighted by molar-refractivity contribution is 7.08. The molecular weight excluding hydrogens is 340 g/mol. The quantitative estimate of drug-likeness (QED) is 0.772. The normalized spacial score (nSPS) is 16.9. The van der Waals surface area contributed by atoms with E-state index < -0.39 is 0 Å². The van der Waals surface area contributed by atoms with Crippen LogP contribution in [0.25, 0.3) is 0 Å². The first-order valence-electron chi connectivity index (χ1n) is 8.36. The van der Waals surface area contributed by atoms with Crippen molar-refractivity contribution in [1.82, 2.24) is 24.7 Å². The van der Waals surface area contributed by atoms with Gasteiger partial charge in [0, 0.05) is 33.1 Å². The van der Waals surface area contributed by atoms with Crippen LogP contribution in [0.4, 0.5) is 5.82 Å². The van der Waals surface area contributed by atoms with Gasteiger partial charge in [0.1, 0.15) is 11.0 Å². The SMILES string of the molecule is CCCc1nnsc1C(=O)N1CC[C@H](Oc2ccc(N(C)C)nn2)C1. The molecular formula is C16H22N6O2S. The molecule has 1 amide bonds. The third-order valence-electron chi connectivity index (χ3n) is 4.04. The largest absolute Gasteiger partial charge is 0.471 e. The predicted octanol–water partition coefficient (Wildman–Crippen LogP) is 1.64. The fourth-order valence-electron chi connectivity index (χ4n) is 2.71. The Morgan fingerprint density at radius 1 is 1.36 bits per heavy atom. The Hall–Kier alpha value is -2.29. The third kappa shape index (κ3) is 4.04. The average Bonchev–Trinajstić information content (AvgIpc) is 3.25. The Balaban J connectivity index is 1.59. The van der Waals surface area contributed by atoms with Gasteiger partial charge in [-0.25, -0.2) is 0 Å². The predicted molar refractivity (Wildman–Crippen MR) is 95.2 cm³/mol. The standard InChI is InChI=1S/C16H22N6O2S/c1-4-5-12-15(25-20-17-12)16(23)22-9-8-11(10-22)24-14-7-6-13(18-19-14)21(2)3/h6-7,11H,4-5,8-10H2,1-3H3/t11-/m0/s1. The van der Waals surface area contributed by atoms with E-state index in [1.807, 2.05) is 25.1 Å². The minimum Gasteiger partial charge on any atom is -0.471 e. The molecule has 0 radical (unpaired) electrons. The molecule has 134 valence electrons. The molecule has 9 heteroatoms. The topological polar surface area (TPSA) is 84.3 Å². The Morgan fingerprint density at radius 2 is 2.20 bits per heavy atom.